The fraction of sp³-hybridized carbons (Fsp3) is 0.778. The van der Waals surface area contributed by atoms with Gasteiger partial charge >= 0.3 is 0 Å². The molecule has 0 aliphatic rings. The zero-order valence-electron chi connectivity index (χ0n) is 12.9. The van der Waals surface area contributed by atoms with Crippen molar-refractivity contribution in [3.8, 4) is 0 Å². The van der Waals surface area contributed by atoms with Gasteiger partial charge in [0.25, 0.3) is 0 Å². The highest BCUT2D eigenvalue weighted by molar-refractivity contribution is 4.92. The van der Waals surface area contributed by atoms with Crippen molar-refractivity contribution in [2.45, 2.75) is 84.0 Å². The van der Waals surface area contributed by atoms with Crippen molar-refractivity contribution in [1.29, 1.82) is 0 Å². The number of unbranched alkanes of at least 4 members (excludes halogenated alkanes) is 9. The maximum absolute atomic E-state index is 8.66. The Labute approximate surface area is 120 Å². The van der Waals surface area contributed by atoms with E-state index in [-0.39, 0.29) is 0 Å². The van der Waals surface area contributed by atoms with E-state index in [1.807, 2.05) is 0 Å². The highest BCUT2D eigenvalue weighted by atomic mass is 16.2. The summed E-state index contributed by atoms with van der Waals surface area (Å²) in [6.07, 6.45) is 24.2. The minimum Gasteiger partial charge on any atom is -0.396 e. The van der Waals surface area contributed by atoms with Crippen molar-refractivity contribution in [3.63, 3.8) is 0 Å². The average molecular weight is 266 g/mol. The summed E-state index contributed by atoms with van der Waals surface area (Å²) in [6, 6.07) is 0. The van der Waals surface area contributed by atoms with E-state index < -0.39 is 0 Å². The average Bonchev–Trinajstić information content (AvgIpc) is 2.43. The van der Waals surface area contributed by atoms with Crippen molar-refractivity contribution in [2.75, 3.05) is 6.61 Å². The second kappa shape index (κ2) is 17.4. The molecule has 1 N–H and O–H groups in total. The Hall–Kier alpha value is -0.560. The number of hydrogen-bond donors (Lipinski definition) is 1. The van der Waals surface area contributed by atoms with Crippen molar-refractivity contribution in [3.05, 3.63) is 24.3 Å². The molecular weight excluding hydrogens is 232 g/mol. The van der Waals surface area contributed by atoms with E-state index in [4.69, 9.17) is 5.11 Å². The Bertz CT molecular complexity index is 206. The lowest BCUT2D eigenvalue weighted by molar-refractivity contribution is 0.282. The summed E-state index contributed by atoms with van der Waals surface area (Å²) >= 11 is 0. The third kappa shape index (κ3) is 17.4. The van der Waals surface area contributed by atoms with Gasteiger partial charge in [-0.25, -0.2) is 0 Å². The molecule has 0 bridgehead atoms. The summed E-state index contributed by atoms with van der Waals surface area (Å²) in [5.41, 5.74) is 0. The van der Waals surface area contributed by atoms with E-state index in [1.54, 1.807) is 0 Å². The number of rotatable bonds is 14. The van der Waals surface area contributed by atoms with Gasteiger partial charge in [-0.3, -0.25) is 0 Å². The molecule has 1 nitrogen and oxygen atoms in total. The van der Waals surface area contributed by atoms with Gasteiger partial charge in [-0.1, -0.05) is 76.2 Å². The molecule has 0 fully saturated rings. The predicted molar refractivity (Wildman–Crippen MR) is 86.4 cm³/mol. The van der Waals surface area contributed by atoms with Gasteiger partial charge in [0.2, 0.25) is 0 Å². The molecule has 0 saturated heterocycles. The van der Waals surface area contributed by atoms with Crippen LogP contribution in [-0.2, 0) is 0 Å². The van der Waals surface area contributed by atoms with Crippen molar-refractivity contribution < 1.29 is 5.11 Å². The van der Waals surface area contributed by atoms with Gasteiger partial charge < -0.3 is 5.11 Å². The summed E-state index contributed by atoms with van der Waals surface area (Å²) in [5, 5.41) is 8.66. The maximum atomic E-state index is 8.66. The molecule has 0 saturated carbocycles. The predicted octanol–water partition coefficient (Wildman–Crippen LogP) is 5.79. The SMILES string of the molecule is CCCC/C=C\C/C=C\CCCCCCCCCO. The molecule has 0 heterocycles. The van der Waals surface area contributed by atoms with Gasteiger partial charge in [-0.05, 0) is 32.1 Å². The minimum atomic E-state index is 0.359. The molecule has 0 atom stereocenters. The smallest absolute Gasteiger partial charge is 0.0431 e. The van der Waals surface area contributed by atoms with E-state index in [0.29, 0.717) is 6.61 Å². The van der Waals surface area contributed by atoms with Gasteiger partial charge in [0.05, 0.1) is 0 Å². The number of aliphatic hydroxyl groups excluding tert-OH is 1. The fourth-order valence-corrected chi connectivity index (χ4v) is 2.09. The first-order valence-electron chi connectivity index (χ1n) is 8.32. The van der Waals surface area contributed by atoms with E-state index in [0.717, 1.165) is 12.8 Å². The van der Waals surface area contributed by atoms with E-state index >= 15 is 0 Å². The first-order valence-corrected chi connectivity index (χ1v) is 8.32. The molecule has 0 aliphatic carbocycles. The van der Waals surface area contributed by atoms with Gasteiger partial charge in [0, 0.05) is 6.61 Å². The second-order valence-corrected chi connectivity index (χ2v) is 5.31. The summed E-state index contributed by atoms with van der Waals surface area (Å²) in [4.78, 5) is 0. The summed E-state index contributed by atoms with van der Waals surface area (Å²) in [5.74, 6) is 0. The van der Waals surface area contributed by atoms with E-state index in [2.05, 4.69) is 31.2 Å². The van der Waals surface area contributed by atoms with Crippen molar-refractivity contribution in [2.24, 2.45) is 0 Å². The fourth-order valence-electron chi connectivity index (χ4n) is 2.09. The first-order chi connectivity index (χ1) is 9.41. The van der Waals surface area contributed by atoms with Gasteiger partial charge in [-0.15, -0.1) is 0 Å². The highest BCUT2D eigenvalue weighted by Crippen LogP contribution is 2.08. The zero-order valence-corrected chi connectivity index (χ0v) is 12.9. The van der Waals surface area contributed by atoms with Crippen molar-refractivity contribution >= 4 is 0 Å². The highest BCUT2D eigenvalue weighted by Gasteiger charge is 1.90. The molecule has 0 aromatic rings. The number of aliphatic hydroxyl groups is 1. The number of hydrogen-bond acceptors (Lipinski definition) is 1. The second-order valence-electron chi connectivity index (χ2n) is 5.31. The molecular formula is C18H34O. The topological polar surface area (TPSA) is 20.2 Å². The van der Waals surface area contributed by atoms with Crippen LogP contribution < -0.4 is 0 Å². The lowest BCUT2D eigenvalue weighted by atomic mass is 10.1. The largest absolute Gasteiger partial charge is 0.396 e. The van der Waals surface area contributed by atoms with E-state index in [9.17, 15) is 0 Å². The normalized spacial score (nSPS) is 11.9. The van der Waals surface area contributed by atoms with Crippen LogP contribution in [0.15, 0.2) is 24.3 Å². The van der Waals surface area contributed by atoms with Gasteiger partial charge in [-0.2, -0.15) is 0 Å². The van der Waals surface area contributed by atoms with Crippen LogP contribution in [0.25, 0.3) is 0 Å². The van der Waals surface area contributed by atoms with Crippen LogP contribution >= 0.6 is 0 Å². The van der Waals surface area contributed by atoms with Gasteiger partial charge in [0.15, 0.2) is 0 Å². The molecule has 1 heteroatoms. The van der Waals surface area contributed by atoms with Crippen LogP contribution in [0.1, 0.15) is 84.0 Å². The number of allylic oxidation sites excluding steroid dienone is 4. The molecule has 0 rings (SSSR count). The Kier molecular flexibility index (Phi) is 16.9. The maximum Gasteiger partial charge on any atom is 0.0431 e. The Morgan fingerprint density at radius 3 is 1.74 bits per heavy atom. The summed E-state index contributed by atoms with van der Waals surface area (Å²) in [6.45, 7) is 2.60. The Morgan fingerprint density at radius 1 is 0.632 bits per heavy atom. The molecule has 0 aromatic heterocycles. The minimum absolute atomic E-state index is 0.359. The monoisotopic (exact) mass is 266 g/mol. The quantitative estimate of drug-likeness (QED) is 0.311. The molecule has 0 spiro atoms. The molecule has 0 amide bonds. The molecule has 0 radical (unpaired) electrons. The molecule has 0 unspecified atom stereocenters. The van der Waals surface area contributed by atoms with Crippen molar-refractivity contribution in [1.82, 2.24) is 0 Å². The zero-order chi connectivity index (χ0) is 14.0. The summed E-state index contributed by atoms with van der Waals surface area (Å²) < 4.78 is 0. The Balaban J connectivity index is 3.10. The molecule has 0 aromatic carbocycles. The molecule has 19 heavy (non-hydrogen) atoms. The van der Waals surface area contributed by atoms with Crippen LogP contribution in [0.4, 0.5) is 0 Å². The lowest BCUT2D eigenvalue weighted by Gasteiger charge is -1.99. The van der Waals surface area contributed by atoms with Crippen LogP contribution in [0, 0.1) is 0 Å². The summed E-state index contributed by atoms with van der Waals surface area (Å²) in [7, 11) is 0. The van der Waals surface area contributed by atoms with Crippen LogP contribution in [0.5, 0.6) is 0 Å². The van der Waals surface area contributed by atoms with E-state index in [1.165, 1.54) is 64.2 Å². The lowest BCUT2D eigenvalue weighted by Crippen LogP contribution is -1.83. The molecule has 0 aliphatic heterocycles. The van der Waals surface area contributed by atoms with Crippen LogP contribution in [0.2, 0.25) is 0 Å². The Morgan fingerprint density at radius 2 is 1.16 bits per heavy atom. The third-order valence-electron chi connectivity index (χ3n) is 3.36. The van der Waals surface area contributed by atoms with Crippen LogP contribution in [-0.4, -0.2) is 11.7 Å². The standard InChI is InChI=1S/C18H34O/c1-2-3-4-5-6-7-8-9-10-11-12-13-14-15-16-17-18-19/h5-6,8-9,19H,2-4,7,10-18H2,1H3/b6-5-,9-8-. The van der Waals surface area contributed by atoms with Crippen LogP contribution in [0.3, 0.4) is 0 Å². The molecule has 112 valence electrons. The first kappa shape index (κ1) is 18.4. The third-order valence-corrected chi connectivity index (χ3v) is 3.36. The van der Waals surface area contributed by atoms with Gasteiger partial charge in [0.1, 0.15) is 0 Å².